The van der Waals surface area contributed by atoms with Gasteiger partial charge in [-0.3, -0.25) is 9.69 Å². The summed E-state index contributed by atoms with van der Waals surface area (Å²) in [6.07, 6.45) is 7.59. The van der Waals surface area contributed by atoms with Gasteiger partial charge in [0.25, 0.3) is 5.91 Å². The quantitative estimate of drug-likeness (QED) is 0.557. The molecule has 0 atom stereocenters. The molecule has 3 aromatic rings. The topological polar surface area (TPSA) is 98.8 Å². The van der Waals surface area contributed by atoms with Gasteiger partial charge in [0.2, 0.25) is 0 Å². The SMILES string of the molecule is CCN1CCc2ncnc(Nc3ncc4c(c3F)-c3[nH]c5c(c3CC4)C(=O)NCC53CC3)c2C1. The lowest BCUT2D eigenvalue weighted by atomic mass is 9.86. The van der Waals surface area contributed by atoms with E-state index in [0.29, 0.717) is 30.8 Å². The molecule has 0 aromatic carbocycles. The Morgan fingerprint density at radius 2 is 2.00 bits per heavy atom. The van der Waals surface area contributed by atoms with E-state index in [1.54, 1.807) is 6.20 Å². The highest BCUT2D eigenvalue weighted by molar-refractivity contribution is 6.01. The minimum Gasteiger partial charge on any atom is -0.357 e. The van der Waals surface area contributed by atoms with Gasteiger partial charge < -0.3 is 15.6 Å². The van der Waals surface area contributed by atoms with E-state index in [0.717, 1.165) is 78.2 Å². The number of rotatable bonds is 3. The zero-order valence-corrected chi connectivity index (χ0v) is 19.1. The lowest BCUT2D eigenvalue weighted by molar-refractivity contribution is 0.0936. The maximum absolute atomic E-state index is 16.1. The number of carbonyl (C=O) groups excluding carboxylic acids is 1. The first kappa shape index (κ1) is 20.1. The van der Waals surface area contributed by atoms with Crippen molar-refractivity contribution in [2.24, 2.45) is 0 Å². The van der Waals surface area contributed by atoms with Crippen molar-refractivity contribution in [3.63, 3.8) is 0 Å². The second-order valence-electron chi connectivity index (χ2n) is 9.90. The number of aryl methyl sites for hydroxylation is 1. The van der Waals surface area contributed by atoms with Crippen molar-refractivity contribution < 1.29 is 9.18 Å². The van der Waals surface area contributed by atoms with Gasteiger partial charge in [0, 0.05) is 54.5 Å². The molecule has 1 fully saturated rings. The molecular weight excluding hydrogens is 433 g/mol. The number of nitrogens with zero attached hydrogens (tertiary/aromatic N) is 4. The van der Waals surface area contributed by atoms with Gasteiger partial charge in [-0.15, -0.1) is 0 Å². The molecule has 2 aliphatic carbocycles. The Morgan fingerprint density at radius 3 is 2.82 bits per heavy atom. The predicted molar refractivity (Wildman–Crippen MR) is 125 cm³/mol. The summed E-state index contributed by atoms with van der Waals surface area (Å²) in [5, 5.41) is 6.22. The third-order valence-electron chi connectivity index (χ3n) is 8.06. The number of carbonyl (C=O) groups is 1. The van der Waals surface area contributed by atoms with Crippen LogP contribution in [0.4, 0.5) is 16.0 Å². The molecule has 0 bridgehead atoms. The van der Waals surface area contributed by atoms with Gasteiger partial charge in [0.15, 0.2) is 11.6 Å². The minimum atomic E-state index is -0.405. The maximum atomic E-state index is 16.1. The number of hydrogen-bond donors (Lipinski definition) is 3. The molecule has 0 radical (unpaired) electrons. The average molecular weight is 460 g/mol. The number of amides is 1. The highest BCUT2D eigenvalue weighted by Gasteiger charge is 2.52. The fraction of sp³-hybridized carbons (Fsp3) is 0.440. The first-order chi connectivity index (χ1) is 16.6. The van der Waals surface area contributed by atoms with Crippen LogP contribution in [-0.2, 0) is 31.2 Å². The van der Waals surface area contributed by atoms with E-state index in [2.05, 4.69) is 42.4 Å². The Morgan fingerprint density at radius 1 is 1.12 bits per heavy atom. The molecule has 34 heavy (non-hydrogen) atoms. The molecule has 3 N–H and O–H groups in total. The number of anilines is 2. The van der Waals surface area contributed by atoms with Crippen LogP contribution >= 0.6 is 0 Å². The summed E-state index contributed by atoms with van der Waals surface area (Å²) in [4.78, 5) is 31.9. The van der Waals surface area contributed by atoms with Crippen LogP contribution in [-0.4, -0.2) is 50.4 Å². The number of aromatic nitrogens is 4. The van der Waals surface area contributed by atoms with Crippen LogP contribution in [0.15, 0.2) is 12.5 Å². The van der Waals surface area contributed by atoms with Crippen LogP contribution in [0.2, 0.25) is 0 Å². The number of likely N-dealkylation sites (N-methyl/N-ethyl adjacent to an activating group) is 1. The van der Waals surface area contributed by atoms with Gasteiger partial charge in [-0.1, -0.05) is 6.92 Å². The zero-order valence-electron chi connectivity index (χ0n) is 19.1. The lowest BCUT2D eigenvalue weighted by Gasteiger charge is -2.28. The average Bonchev–Trinajstić information content (AvgIpc) is 3.53. The van der Waals surface area contributed by atoms with Gasteiger partial charge in [-0.2, -0.15) is 0 Å². The molecule has 7 rings (SSSR count). The molecular formula is C25H26FN7O. The summed E-state index contributed by atoms with van der Waals surface area (Å²) in [7, 11) is 0. The largest absolute Gasteiger partial charge is 0.357 e. The number of hydrogen-bond acceptors (Lipinski definition) is 6. The van der Waals surface area contributed by atoms with Gasteiger partial charge in [-0.05, 0) is 43.4 Å². The monoisotopic (exact) mass is 459 g/mol. The summed E-state index contributed by atoms with van der Waals surface area (Å²) < 4.78 is 16.1. The molecule has 9 heteroatoms. The van der Waals surface area contributed by atoms with E-state index >= 15 is 4.39 Å². The second kappa shape index (κ2) is 7.09. The third-order valence-corrected chi connectivity index (χ3v) is 8.06. The van der Waals surface area contributed by atoms with E-state index in [4.69, 9.17) is 0 Å². The van der Waals surface area contributed by atoms with Gasteiger partial charge in [-0.25, -0.2) is 19.3 Å². The minimum absolute atomic E-state index is 0.00347. The molecule has 4 aliphatic rings. The van der Waals surface area contributed by atoms with E-state index in [1.807, 2.05) is 0 Å². The molecule has 0 saturated heterocycles. The van der Waals surface area contributed by atoms with Crippen molar-refractivity contribution in [3.8, 4) is 11.3 Å². The van der Waals surface area contributed by atoms with E-state index in [1.165, 1.54) is 6.33 Å². The van der Waals surface area contributed by atoms with E-state index < -0.39 is 5.82 Å². The summed E-state index contributed by atoms with van der Waals surface area (Å²) in [5.74, 6) is 0.305. The Bertz CT molecular complexity index is 1360. The fourth-order valence-corrected chi connectivity index (χ4v) is 5.87. The zero-order chi connectivity index (χ0) is 23.0. The Balaban J connectivity index is 1.32. The van der Waals surface area contributed by atoms with E-state index in [9.17, 15) is 4.79 Å². The molecule has 1 amide bonds. The van der Waals surface area contributed by atoms with Crippen LogP contribution in [0.1, 0.15) is 58.2 Å². The molecule has 1 saturated carbocycles. The molecule has 2 aliphatic heterocycles. The standard InChI is InChI=1S/C25H26FN7O/c1-2-33-8-5-16-15(10-33)22(30-12-29-16)32-23-19(26)17-13(9-27-23)3-4-14-18-21(31-20(14)17)25(6-7-25)11-28-24(18)34/h9,12,31H,2-8,10-11H2,1H3,(H,28,34)(H,27,29,30,32). The van der Waals surface area contributed by atoms with Crippen molar-refractivity contribution in [2.45, 2.75) is 51.0 Å². The van der Waals surface area contributed by atoms with Crippen LogP contribution in [0, 0.1) is 5.82 Å². The summed E-state index contributed by atoms with van der Waals surface area (Å²) in [5.41, 5.74) is 6.77. The van der Waals surface area contributed by atoms with Gasteiger partial charge in [0.1, 0.15) is 12.1 Å². The van der Waals surface area contributed by atoms with Crippen molar-refractivity contribution in [1.29, 1.82) is 0 Å². The maximum Gasteiger partial charge on any atom is 0.253 e. The van der Waals surface area contributed by atoms with Crippen molar-refractivity contribution in [2.75, 3.05) is 25.0 Å². The highest BCUT2D eigenvalue weighted by atomic mass is 19.1. The van der Waals surface area contributed by atoms with Crippen LogP contribution < -0.4 is 10.6 Å². The summed E-state index contributed by atoms with van der Waals surface area (Å²) in [6.45, 7) is 5.41. The normalized spacial score (nSPS) is 19.6. The van der Waals surface area contributed by atoms with Crippen LogP contribution in [0.25, 0.3) is 11.3 Å². The Labute approximate surface area is 196 Å². The van der Waals surface area contributed by atoms with Crippen molar-refractivity contribution >= 4 is 17.5 Å². The molecule has 5 heterocycles. The van der Waals surface area contributed by atoms with Gasteiger partial charge in [0.05, 0.1) is 17.0 Å². The van der Waals surface area contributed by atoms with Crippen molar-refractivity contribution in [3.05, 3.63) is 52.0 Å². The summed E-state index contributed by atoms with van der Waals surface area (Å²) >= 11 is 0. The van der Waals surface area contributed by atoms with Crippen LogP contribution in [0.5, 0.6) is 0 Å². The number of pyridine rings is 1. The highest BCUT2D eigenvalue weighted by Crippen LogP contribution is 2.53. The Kier molecular flexibility index (Phi) is 4.18. The van der Waals surface area contributed by atoms with E-state index in [-0.39, 0.29) is 17.1 Å². The number of H-pyrrole nitrogens is 1. The molecule has 3 aromatic heterocycles. The van der Waals surface area contributed by atoms with Crippen LogP contribution in [0.3, 0.4) is 0 Å². The number of aromatic amines is 1. The Hall–Kier alpha value is -3.33. The smallest absolute Gasteiger partial charge is 0.253 e. The van der Waals surface area contributed by atoms with Crippen molar-refractivity contribution in [1.82, 2.24) is 30.2 Å². The first-order valence-corrected chi connectivity index (χ1v) is 12.1. The predicted octanol–water partition coefficient (Wildman–Crippen LogP) is 3.00. The number of halogens is 1. The second-order valence-corrected chi connectivity index (χ2v) is 9.90. The fourth-order valence-electron chi connectivity index (χ4n) is 5.87. The molecule has 0 unspecified atom stereocenters. The number of nitrogens with one attached hydrogen (secondary N) is 3. The molecule has 174 valence electrons. The molecule has 1 spiro atoms. The van der Waals surface area contributed by atoms with Gasteiger partial charge >= 0.3 is 0 Å². The lowest BCUT2D eigenvalue weighted by Crippen LogP contribution is -2.39. The number of fused-ring (bicyclic) bond motifs is 7. The molecule has 8 nitrogen and oxygen atoms in total. The summed E-state index contributed by atoms with van der Waals surface area (Å²) in [6, 6.07) is 0. The third kappa shape index (κ3) is 2.79. The first-order valence-electron chi connectivity index (χ1n) is 12.1.